The summed E-state index contributed by atoms with van der Waals surface area (Å²) in [5.74, 6) is -0.698. The average Bonchev–Trinajstić information content (AvgIpc) is 2.93. The highest BCUT2D eigenvalue weighted by Crippen LogP contribution is 2.42. The molecular weight excluding hydrogens is 519 g/mol. The molecular formula is C31H24ClFN2O2S. The molecule has 1 aliphatic heterocycles. The highest BCUT2D eigenvalue weighted by molar-refractivity contribution is 8.04. The van der Waals surface area contributed by atoms with Gasteiger partial charge in [-0.25, -0.2) is 4.39 Å². The van der Waals surface area contributed by atoms with Crippen molar-refractivity contribution in [1.82, 2.24) is 5.32 Å². The lowest BCUT2D eigenvalue weighted by atomic mass is 10.1. The third kappa shape index (κ3) is 5.98. The summed E-state index contributed by atoms with van der Waals surface area (Å²) in [6.45, 7) is 0.643. The van der Waals surface area contributed by atoms with Crippen LogP contribution in [0.3, 0.4) is 0 Å². The molecule has 0 saturated heterocycles. The number of carbonyl (C=O) groups is 2. The van der Waals surface area contributed by atoms with Crippen LogP contribution in [0.25, 0.3) is 6.08 Å². The van der Waals surface area contributed by atoms with Gasteiger partial charge in [0.2, 0.25) is 0 Å². The molecule has 190 valence electrons. The minimum absolute atomic E-state index is 0.134. The van der Waals surface area contributed by atoms with Crippen molar-refractivity contribution in [2.75, 3.05) is 11.4 Å². The van der Waals surface area contributed by atoms with Crippen LogP contribution in [0.4, 0.5) is 10.1 Å². The van der Waals surface area contributed by atoms with Gasteiger partial charge in [-0.3, -0.25) is 9.59 Å². The van der Waals surface area contributed by atoms with Crippen molar-refractivity contribution in [3.05, 3.63) is 135 Å². The maximum absolute atomic E-state index is 14.4. The average molecular weight is 543 g/mol. The van der Waals surface area contributed by atoms with Crippen molar-refractivity contribution < 1.29 is 14.0 Å². The largest absolute Gasteiger partial charge is 0.352 e. The van der Waals surface area contributed by atoms with Gasteiger partial charge in [0.15, 0.2) is 0 Å². The molecule has 7 heteroatoms. The number of para-hydroxylation sites is 1. The van der Waals surface area contributed by atoms with E-state index < -0.39 is 0 Å². The van der Waals surface area contributed by atoms with Gasteiger partial charge >= 0.3 is 0 Å². The lowest BCUT2D eigenvalue weighted by Gasteiger charge is -2.30. The van der Waals surface area contributed by atoms with Crippen LogP contribution < -0.4 is 10.2 Å². The number of benzene rings is 4. The van der Waals surface area contributed by atoms with E-state index in [4.69, 9.17) is 11.6 Å². The van der Waals surface area contributed by atoms with Gasteiger partial charge in [-0.2, -0.15) is 0 Å². The standard InChI is InChI=1S/C31H24ClFN2O2S/c32-25-15-11-21(12-16-25)17-18-34-30(36)23-13-9-22(10-14-23)19-29-31(37)35(20-24-5-1-2-6-26(24)33)27-7-3-4-8-28(27)38-29/h1-16,19H,17-18,20H2,(H,34,36). The first kappa shape index (κ1) is 25.8. The number of amides is 2. The highest BCUT2D eigenvalue weighted by Gasteiger charge is 2.29. The summed E-state index contributed by atoms with van der Waals surface area (Å²) in [4.78, 5) is 29.1. The van der Waals surface area contributed by atoms with Gasteiger partial charge in [-0.05, 0) is 66.1 Å². The van der Waals surface area contributed by atoms with E-state index in [9.17, 15) is 14.0 Å². The van der Waals surface area contributed by atoms with E-state index in [0.717, 1.165) is 21.7 Å². The summed E-state index contributed by atoms with van der Waals surface area (Å²) < 4.78 is 14.4. The second kappa shape index (κ2) is 11.7. The zero-order valence-electron chi connectivity index (χ0n) is 20.4. The topological polar surface area (TPSA) is 49.4 Å². The van der Waals surface area contributed by atoms with E-state index in [1.165, 1.54) is 17.8 Å². The molecule has 5 rings (SSSR count). The predicted octanol–water partition coefficient (Wildman–Crippen LogP) is 7.13. The van der Waals surface area contributed by atoms with Crippen LogP contribution in [0.15, 0.2) is 107 Å². The van der Waals surface area contributed by atoms with Gasteiger partial charge in [0.25, 0.3) is 11.8 Å². The molecule has 0 fully saturated rings. The van der Waals surface area contributed by atoms with E-state index in [0.29, 0.717) is 34.0 Å². The number of nitrogens with zero attached hydrogens (tertiary/aromatic N) is 1. The third-order valence-corrected chi connectivity index (χ3v) is 7.53. The van der Waals surface area contributed by atoms with Crippen molar-refractivity contribution in [1.29, 1.82) is 0 Å². The molecule has 0 spiro atoms. The Morgan fingerprint density at radius 3 is 2.39 bits per heavy atom. The molecule has 1 heterocycles. The molecule has 0 bridgehead atoms. The smallest absolute Gasteiger partial charge is 0.265 e. The highest BCUT2D eigenvalue weighted by atomic mass is 35.5. The summed E-state index contributed by atoms with van der Waals surface area (Å²) in [5.41, 5.74) is 3.64. The molecule has 1 N–H and O–H groups in total. The third-order valence-electron chi connectivity index (χ3n) is 6.20. The number of hydrogen-bond donors (Lipinski definition) is 1. The first-order valence-corrected chi connectivity index (χ1v) is 13.3. The summed E-state index contributed by atoms with van der Waals surface area (Å²) >= 11 is 7.30. The number of rotatable bonds is 7. The van der Waals surface area contributed by atoms with Crippen molar-refractivity contribution >= 4 is 46.9 Å². The zero-order valence-corrected chi connectivity index (χ0v) is 21.9. The summed E-state index contributed by atoms with van der Waals surface area (Å²) in [5, 5.41) is 3.62. The van der Waals surface area contributed by atoms with Gasteiger partial charge in [-0.1, -0.05) is 78.0 Å². The molecule has 0 aliphatic carbocycles. The first-order chi connectivity index (χ1) is 18.5. The maximum atomic E-state index is 14.4. The Labute approximate surface area is 230 Å². The van der Waals surface area contributed by atoms with E-state index in [2.05, 4.69) is 5.32 Å². The Hall–Kier alpha value is -3.87. The molecule has 2 amide bonds. The number of nitrogens with one attached hydrogen (secondary N) is 1. The van der Waals surface area contributed by atoms with Crippen LogP contribution in [0.1, 0.15) is 27.0 Å². The molecule has 0 radical (unpaired) electrons. The van der Waals surface area contributed by atoms with Crippen molar-refractivity contribution in [2.24, 2.45) is 0 Å². The lowest BCUT2D eigenvalue weighted by Crippen LogP contribution is -2.34. The number of hydrogen-bond acceptors (Lipinski definition) is 3. The Morgan fingerprint density at radius 2 is 1.63 bits per heavy atom. The van der Waals surface area contributed by atoms with Crippen molar-refractivity contribution in [3.63, 3.8) is 0 Å². The first-order valence-electron chi connectivity index (χ1n) is 12.1. The maximum Gasteiger partial charge on any atom is 0.265 e. The van der Waals surface area contributed by atoms with Crippen LogP contribution in [0.2, 0.25) is 5.02 Å². The zero-order chi connectivity index (χ0) is 26.5. The van der Waals surface area contributed by atoms with E-state index in [-0.39, 0.29) is 24.2 Å². The SMILES string of the molecule is O=C(NCCc1ccc(Cl)cc1)c1ccc(C=C2Sc3ccccc3N(Cc3ccccc3F)C2=O)cc1. The minimum Gasteiger partial charge on any atom is -0.352 e. The number of carbonyl (C=O) groups excluding carboxylic acids is 2. The van der Waals surface area contributed by atoms with Gasteiger partial charge in [-0.15, -0.1) is 0 Å². The number of fused-ring (bicyclic) bond motifs is 1. The van der Waals surface area contributed by atoms with E-state index in [1.54, 1.807) is 41.3 Å². The Balaban J connectivity index is 1.29. The molecule has 1 aliphatic rings. The van der Waals surface area contributed by atoms with Crippen LogP contribution in [0.5, 0.6) is 0 Å². The Kier molecular flexibility index (Phi) is 7.91. The van der Waals surface area contributed by atoms with Crippen molar-refractivity contribution in [3.8, 4) is 0 Å². The number of thioether (sulfide) groups is 1. The number of halogens is 2. The lowest BCUT2D eigenvalue weighted by molar-refractivity contribution is -0.114. The molecule has 4 aromatic rings. The minimum atomic E-state index is -0.344. The number of anilines is 1. The molecule has 0 saturated carbocycles. The molecule has 4 aromatic carbocycles. The quantitative estimate of drug-likeness (QED) is 0.253. The van der Waals surface area contributed by atoms with Gasteiger partial charge in [0.05, 0.1) is 17.1 Å². The van der Waals surface area contributed by atoms with Gasteiger partial charge in [0, 0.05) is 27.6 Å². The van der Waals surface area contributed by atoms with Gasteiger partial charge < -0.3 is 10.2 Å². The monoisotopic (exact) mass is 542 g/mol. The fourth-order valence-corrected chi connectivity index (χ4v) is 5.36. The van der Waals surface area contributed by atoms with Crippen LogP contribution in [-0.2, 0) is 17.8 Å². The van der Waals surface area contributed by atoms with Crippen LogP contribution >= 0.6 is 23.4 Å². The molecule has 38 heavy (non-hydrogen) atoms. The van der Waals surface area contributed by atoms with E-state index in [1.807, 2.05) is 60.7 Å². The molecule has 0 atom stereocenters. The van der Waals surface area contributed by atoms with E-state index >= 15 is 0 Å². The predicted molar refractivity (Wildman–Crippen MR) is 152 cm³/mol. The molecule has 0 aromatic heterocycles. The van der Waals surface area contributed by atoms with Crippen LogP contribution in [0, 0.1) is 5.82 Å². The Morgan fingerprint density at radius 1 is 0.921 bits per heavy atom. The van der Waals surface area contributed by atoms with Crippen LogP contribution in [-0.4, -0.2) is 18.4 Å². The fraction of sp³-hybridized carbons (Fsp3) is 0.0968. The normalized spacial score (nSPS) is 13.9. The second-order valence-electron chi connectivity index (χ2n) is 8.82. The summed E-state index contributed by atoms with van der Waals surface area (Å²) in [7, 11) is 0. The van der Waals surface area contributed by atoms with Gasteiger partial charge in [0.1, 0.15) is 5.82 Å². The second-order valence-corrected chi connectivity index (χ2v) is 10.3. The summed E-state index contributed by atoms with van der Waals surface area (Å²) in [6, 6.07) is 28.8. The fourth-order valence-electron chi connectivity index (χ4n) is 4.17. The summed E-state index contributed by atoms with van der Waals surface area (Å²) in [6.07, 6.45) is 2.51. The molecule has 0 unspecified atom stereocenters. The Bertz CT molecular complexity index is 1500. The van der Waals surface area contributed by atoms with Crippen molar-refractivity contribution in [2.45, 2.75) is 17.9 Å². The molecule has 4 nitrogen and oxygen atoms in total.